The summed E-state index contributed by atoms with van der Waals surface area (Å²) in [6.07, 6.45) is 0. The van der Waals surface area contributed by atoms with Crippen molar-refractivity contribution in [3.63, 3.8) is 0 Å². The molecule has 7 heteroatoms. The largest absolute Gasteiger partial charge is 0.326 e. The monoisotopic (exact) mass is 321 g/mol. The molecule has 1 aliphatic heterocycles. The number of imide groups is 1. The van der Waals surface area contributed by atoms with Crippen molar-refractivity contribution in [2.75, 3.05) is 24.7 Å². The number of anilines is 1. The van der Waals surface area contributed by atoms with Crippen molar-refractivity contribution >= 4 is 34.5 Å². The highest BCUT2D eigenvalue weighted by molar-refractivity contribution is 8.14. The molecule has 0 spiro atoms. The molecular formula is C15H19N3O3S. The lowest BCUT2D eigenvalue weighted by Gasteiger charge is -2.14. The van der Waals surface area contributed by atoms with Crippen molar-refractivity contribution in [1.82, 2.24) is 10.2 Å². The Balaban J connectivity index is 1.94. The van der Waals surface area contributed by atoms with Crippen molar-refractivity contribution in [1.29, 1.82) is 0 Å². The number of rotatable bonds is 6. The van der Waals surface area contributed by atoms with E-state index in [1.807, 2.05) is 19.1 Å². The molecule has 118 valence electrons. The minimum Gasteiger partial charge on any atom is -0.326 e. The van der Waals surface area contributed by atoms with Gasteiger partial charge in [-0.05, 0) is 24.7 Å². The normalized spacial score (nSPS) is 16.0. The second-order valence-corrected chi connectivity index (χ2v) is 6.11. The molecule has 0 bridgehead atoms. The van der Waals surface area contributed by atoms with Gasteiger partial charge in [-0.3, -0.25) is 19.3 Å². The number of carbonyl (C=O) groups is 3. The first-order valence-electron chi connectivity index (χ1n) is 7.02. The van der Waals surface area contributed by atoms with Crippen LogP contribution in [0.4, 0.5) is 10.5 Å². The summed E-state index contributed by atoms with van der Waals surface area (Å²) in [7, 11) is 1.80. The number of nitrogens with zero attached hydrogens (tertiary/aromatic N) is 1. The van der Waals surface area contributed by atoms with Crippen LogP contribution in [0.25, 0.3) is 0 Å². The van der Waals surface area contributed by atoms with Crippen LogP contribution in [0.2, 0.25) is 0 Å². The molecule has 1 aromatic carbocycles. The second kappa shape index (κ2) is 7.42. The second-order valence-electron chi connectivity index (χ2n) is 5.18. The van der Waals surface area contributed by atoms with E-state index in [9.17, 15) is 14.4 Å². The quantitative estimate of drug-likeness (QED) is 0.833. The van der Waals surface area contributed by atoms with Gasteiger partial charge in [0.2, 0.25) is 11.8 Å². The first-order valence-corrected chi connectivity index (χ1v) is 8.01. The Kier molecular flexibility index (Phi) is 5.57. The lowest BCUT2D eigenvalue weighted by Crippen LogP contribution is -2.29. The Morgan fingerprint density at radius 1 is 1.32 bits per heavy atom. The highest BCUT2D eigenvalue weighted by Gasteiger charge is 2.29. The molecule has 1 unspecified atom stereocenters. The zero-order valence-corrected chi connectivity index (χ0v) is 13.4. The molecule has 1 atom stereocenters. The van der Waals surface area contributed by atoms with Gasteiger partial charge in [0.15, 0.2) is 0 Å². The molecule has 0 saturated carbocycles. The molecular weight excluding hydrogens is 302 g/mol. The van der Waals surface area contributed by atoms with Crippen molar-refractivity contribution < 1.29 is 14.4 Å². The Labute approximate surface area is 133 Å². The number of thioether (sulfide) groups is 1. The van der Waals surface area contributed by atoms with Crippen LogP contribution in [0.15, 0.2) is 24.3 Å². The summed E-state index contributed by atoms with van der Waals surface area (Å²) < 4.78 is 0. The minimum absolute atomic E-state index is 0.0524. The average Bonchev–Trinajstić information content (AvgIpc) is 2.81. The van der Waals surface area contributed by atoms with Crippen molar-refractivity contribution in [2.45, 2.75) is 13.5 Å². The van der Waals surface area contributed by atoms with E-state index in [2.05, 4.69) is 10.6 Å². The topological polar surface area (TPSA) is 78.5 Å². The van der Waals surface area contributed by atoms with Crippen LogP contribution in [0.3, 0.4) is 0 Å². The van der Waals surface area contributed by atoms with Gasteiger partial charge < -0.3 is 10.6 Å². The van der Waals surface area contributed by atoms with Crippen LogP contribution in [-0.2, 0) is 16.1 Å². The standard InChI is InChI=1S/C15H19N3O3S/c1-10(7-16-2)14(20)17-12-5-3-11(4-6-12)8-18-13(19)9-22-15(18)21/h3-6,10,16H,7-9H2,1-2H3,(H,17,20). The maximum atomic E-state index is 11.9. The molecule has 1 fully saturated rings. The molecule has 3 amide bonds. The molecule has 0 radical (unpaired) electrons. The Hall–Kier alpha value is -1.86. The SMILES string of the molecule is CNCC(C)C(=O)Nc1ccc(CN2C(=O)CSC2=O)cc1. The summed E-state index contributed by atoms with van der Waals surface area (Å²) in [5.74, 6) is -0.116. The summed E-state index contributed by atoms with van der Waals surface area (Å²) in [4.78, 5) is 36.2. The van der Waals surface area contributed by atoms with E-state index in [4.69, 9.17) is 0 Å². The molecule has 2 rings (SSSR count). The minimum atomic E-state index is -0.205. The van der Waals surface area contributed by atoms with E-state index in [0.717, 1.165) is 17.3 Å². The third-order valence-electron chi connectivity index (χ3n) is 3.36. The molecule has 0 aromatic heterocycles. The fourth-order valence-corrected chi connectivity index (χ4v) is 2.80. The fourth-order valence-electron chi connectivity index (χ4n) is 2.07. The van der Waals surface area contributed by atoms with Crippen LogP contribution in [0.5, 0.6) is 0 Å². The molecule has 2 N–H and O–H groups in total. The zero-order chi connectivity index (χ0) is 16.1. The van der Waals surface area contributed by atoms with Gasteiger partial charge in [-0.25, -0.2) is 0 Å². The van der Waals surface area contributed by atoms with Crippen molar-refractivity contribution in [3.8, 4) is 0 Å². The summed E-state index contributed by atoms with van der Waals surface area (Å²) in [6.45, 7) is 2.73. The zero-order valence-electron chi connectivity index (χ0n) is 12.6. The molecule has 1 heterocycles. The summed E-state index contributed by atoms with van der Waals surface area (Å²) in [5, 5.41) is 5.59. The van der Waals surface area contributed by atoms with Gasteiger partial charge in [0.1, 0.15) is 0 Å². The third-order valence-corrected chi connectivity index (χ3v) is 4.22. The van der Waals surface area contributed by atoms with E-state index in [1.54, 1.807) is 19.2 Å². The fraction of sp³-hybridized carbons (Fsp3) is 0.400. The Morgan fingerprint density at radius 2 is 2.00 bits per heavy atom. The van der Waals surface area contributed by atoms with Gasteiger partial charge in [-0.1, -0.05) is 30.8 Å². The predicted octanol–water partition coefficient (Wildman–Crippen LogP) is 1.68. The maximum absolute atomic E-state index is 11.9. The molecule has 1 aliphatic rings. The Bertz CT molecular complexity index is 558. The number of nitrogens with one attached hydrogen (secondary N) is 2. The van der Waals surface area contributed by atoms with Crippen LogP contribution in [0.1, 0.15) is 12.5 Å². The molecule has 1 aromatic rings. The maximum Gasteiger partial charge on any atom is 0.289 e. The Morgan fingerprint density at radius 3 is 2.55 bits per heavy atom. The third kappa shape index (κ3) is 4.08. The highest BCUT2D eigenvalue weighted by atomic mass is 32.2. The number of hydrogen-bond donors (Lipinski definition) is 2. The summed E-state index contributed by atoms with van der Waals surface area (Å²) >= 11 is 1.03. The number of amides is 3. The van der Waals surface area contributed by atoms with Crippen molar-refractivity contribution in [2.24, 2.45) is 5.92 Å². The van der Waals surface area contributed by atoms with E-state index in [1.165, 1.54) is 4.90 Å². The lowest BCUT2D eigenvalue weighted by molar-refractivity contribution is -0.125. The van der Waals surface area contributed by atoms with Crippen LogP contribution in [-0.4, -0.2) is 41.3 Å². The number of benzene rings is 1. The number of hydrogen-bond acceptors (Lipinski definition) is 5. The smallest absolute Gasteiger partial charge is 0.289 e. The summed E-state index contributed by atoms with van der Waals surface area (Å²) in [6, 6.07) is 7.17. The molecule has 6 nitrogen and oxygen atoms in total. The first kappa shape index (κ1) is 16.5. The van der Waals surface area contributed by atoms with Gasteiger partial charge in [0, 0.05) is 18.2 Å². The van der Waals surface area contributed by atoms with Crippen LogP contribution in [0, 0.1) is 5.92 Å². The van der Waals surface area contributed by atoms with E-state index < -0.39 is 0 Å². The van der Waals surface area contributed by atoms with Gasteiger partial charge in [0.25, 0.3) is 5.24 Å². The first-order chi connectivity index (χ1) is 10.5. The van der Waals surface area contributed by atoms with E-state index in [-0.39, 0.29) is 35.3 Å². The molecule has 1 saturated heterocycles. The van der Waals surface area contributed by atoms with Gasteiger partial charge in [-0.2, -0.15) is 0 Å². The van der Waals surface area contributed by atoms with Gasteiger partial charge in [-0.15, -0.1) is 0 Å². The van der Waals surface area contributed by atoms with Crippen LogP contribution >= 0.6 is 11.8 Å². The van der Waals surface area contributed by atoms with Gasteiger partial charge in [0.05, 0.1) is 12.3 Å². The lowest BCUT2D eigenvalue weighted by atomic mass is 10.1. The van der Waals surface area contributed by atoms with E-state index >= 15 is 0 Å². The summed E-state index contributed by atoms with van der Waals surface area (Å²) in [5.41, 5.74) is 1.55. The van der Waals surface area contributed by atoms with E-state index in [0.29, 0.717) is 12.2 Å². The van der Waals surface area contributed by atoms with Crippen molar-refractivity contribution in [3.05, 3.63) is 29.8 Å². The van der Waals surface area contributed by atoms with Gasteiger partial charge >= 0.3 is 0 Å². The average molecular weight is 321 g/mol. The molecule has 0 aliphatic carbocycles. The predicted molar refractivity (Wildman–Crippen MR) is 86.6 cm³/mol. The van der Waals surface area contributed by atoms with Crippen LogP contribution < -0.4 is 10.6 Å². The molecule has 22 heavy (non-hydrogen) atoms. The highest BCUT2D eigenvalue weighted by Crippen LogP contribution is 2.21. The number of carbonyl (C=O) groups excluding carboxylic acids is 3.